The van der Waals surface area contributed by atoms with E-state index in [9.17, 15) is 4.79 Å². The highest BCUT2D eigenvalue weighted by Crippen LogP contribution is 2.23. The van der Waals surface area contributed by atoms with Crippen LogP contribution in [0.1, 0.15) is 63.1 Å². The number of nitrogens with one attached hydrogen (secondary N) is 1. The van der Waals surface area contributed by atoms with E-state index in [0.717, 1.165) is 24.3 Å². The third-order valence-electron chi connectivity index (χ3n) is 4.63. The van der Waals surface area contributed by atoms with Crippen LogP contribution in [0.25, 0.3) is 0 Å². The Morgan fingerprint density at radius 2 is 1.62 bits per heavy atom. The summed E-state index contributed by atoms with van der Waals surface area (Å²) in [5.74, 6) is 1.44. The Bertz CT molecular complexity index is 682. The van der Waals surface area contributed by atoms with Crippen LogP contribution in [0.3, 0.4) is 0 Å². The smallest absolute Gasteiger partial charge is 0.224 e. The van der Waals surface area contributed by atoms with Crippen LogP contribution in [0.4, 0.5) is 5.69 Å². The molecule has 2 aromatic rings. The van der Waals surface area contributed by atoms with Gasteiger partial charge in [0.2, 0.25) is 5.91 Å². The molecule has 0 atom stereocenters. The summed E-state index contributed by atoms with van der Waals surface area (Å²) in [5.41, 5.74) is 4.68. The number of hydrogen-bond acceptors (Lipinski definition) is 2. The molecule has 1 amide bonds. The van der Waals surface area contributed by atoms with Crippen LogP contribution in [-0.4, -0.2) is 12.5 Å². The first kappa shape index (κ1) is 20.0. The summed E-state index contributed by atoms with van der Waals surface area (Å²) in [6.45, 7) is 9.13. The lowest BCUT2D eigenvalue weighted by molar-refractivity contribution is -0.116. The summed E-state index contributed by atoms with van der Waals surface area (Å²) in [5, 5.41) is 3.11. The monoisotopic (exact) mass is 353 g/mol. The summed E-state index contributed by atoms with van der Waals surface area (Å²) >= 11 is 0. The lowest BCUT2D eigenvalue weighted by Gasteiger charge is -2.14. The number of carbonyl (C=O) groups is 1. The topological polar surface area (TPSA) is 38.3 Å². The number of hydrogen-bond donors (Lipinski definition) is 1. The first-order chi connectivity index (χ1) is 12.5. The number of rotatable bonds is 9. The highest BCUT2D eigenvalue weighted by Gasteiger charge is 2.10. The molecule has 0 saturated heterocycles. The van der Waals surface area contributed by atoms with Gasteiger partial charge in [-0.05, 0) is 54.0 Å². The van der Waals surface area contributed by atoms with Gasteiger partial charge in [-0.1, -0.05) is 58.0 Å². The van der Waals surface area contributed by atoms with E-state index >= 15 is 0 Å². The van der Waals surface area contributed by atoms with E-state index in [1.807, 2.05) is 12.1 Å². The van der Waals surface area contributed by atoms with Crippen molar-refractivity contribution in [3.8, 4) is 5.75 Å². The predicted molar refractivity (Wildman–Crippen MR) is 109 cm³/mol. The molecule has 1 N–H and O–H groups in total. The zero-order chi connectivity index (χ0) is 18.9. The van der Waals surface area contributed by atoms with Gasteiger partial charge in [-0.15, -0.1) is 0 Å². The van der Waals surface area contributed by atoms with Crippen molar-refractivity contribution in [1.29, 1.82) is 0 Å². The lowest BCUT2D eigenvalue weighted by atomic mass is 10.0. The minimum Gasteiger partial charge on any atom is -0.494 e. The highest BCUT2D eigenvalue weighted by atomic mass is 16.5. The first-order valence-electron chi connectivity index (χ1n) is 9.68. The summed E-state index contributed by atoms with van der Waals surface area (Å²) in [6.07, 6.45) is 3.00. The van der Waals surface area contributed by atoms with Crippen molar-refractivity contribution in [3.05, 3.63) is 59.2 Å². The number of aryl methyl sites for hydroxylation is 2. The van der Waals surface area contributed by atoms with Crippen molar-refractivity contribution in [2.24, 2.45) is 0 Å². The van der Waals surface area contributed by atoms with Gasteiger partial charge in [0.05, 0.1) is 6.61 Å². The second-order valence-corrected chi connectivity index (χ2v) is 6.88. The number of amides is 1. The van der Waals surface area contributed by atoms with Gasteiger partial charge in [0.1, 0.15) is 5.75 Å². The van der Waals surface area contributed by atoms with E-state index in [2.05, 4.69) is 63.3 Å². The van der Waals surface area contributed by atoms with E-state index in [4.69, 9.17) is 4.74 Å². The van der Waals surface area contributed by atoms with E-state index in [-0.39, 0.29) is 5.91 Å². The van der Waals surface area contributed by atoms with Gasteiger partial charge < -0.3 is 10.1 Å². The normalized spacial score (nSPS) is 10.8. The fraction of sp³-hybridized carbons (Fsp3) is 0.435. The zero-order valence-electron chi connectivity index (χ0n) is 16.5. The van der Waals surface area contributed by atoms with Crippen LogP contribution in [-0.2, 0) is 17.6 Å². The zero-order valence-corrected chi connectivity index (χ0v) is 16.5. The van der Waals surface area contributed by atoms with Crippen molar-refractivity contribution >= 4 is 11.6 Å². The Labute approximate surface area is 157 Å². The summed E-state index contributed by atoms with van der Waals surface area (Å²) in [4.78, 5) is 12.3. The highest BCUT2D eigenvalue weighted by molar-refractivity contribution is 5.92. The summed E-state index contributed by atoms with van der Waals surface area (Å²) < 4.78 is 5.75. The number of benzene rings is 2. The van der Waals surface area contributed by atoms with Crippen molar-refractivity contribution < 1.29 is 9.53 Å². The molecule has 0 unspecified atom stereocenters. The molecule has 0 radical (unpaired) electrons. The lowest BCUT2D eigenvalue weighted by Crippen LogP contribution is -2.15. The van der Waals surface area contributed by atoms with Crippen molar-refractivity contribution in [2.75, 3.05) is 11.9 Å². The molecule has 2 aromatic carbocycles. The molecule has 0 bridgehead atoms. The summed E-state index contributed by atoms with van der Waals surface area (Å²) in [6, 6.07) is 14.4. The molecule has 2 rings (SSSR count). The van der Waals surface area contributed by atoms with Gasteiger partial charge in [0.15, 0.2) is 0 Å². The Morgan fingerprint density at radius 3 is 2.15 bits per heavy atom. The molecule has 0 spiro atoms. The molecule has 0 aromatic heterocycles. The van der Waals surface area contributed by atoms with Crippen LogP contribution in [0, 0.1) is 0 Å². The van der Waals surface area contributed by atoms with Crippen LogP contribution in [0.15, 0.2) is 42.5 Å². The number of anilines is 1. The number of para-hydroxylation sites is 1. The van der Waals surface area contributed by atoms with Crippen LogP contribution < -0.4 is 10.1 Å². The largest absolute Gasteiger partial charge is 0.494 e. The third-order valence-corrected chi connectivity index (χ3v) is 4.63. The van der Waals surface area contributed by atoms with Crippen LogP contribution >= 0.6 is 0 Å². The first-order valence-corrected chi connectivity index (χ1v) is 9.68. The average Bonchev–Trinajstić information content (AvgIpc) is 2.65. The van der Waals surface area contributed by atoms with Gasteiger partial charge in [-0.3, -0.25) is 4.79 Å². The minimum atomic E-state index is 0.0550. The molecular weight excluding hydrogens is 322 g/mol. The van der Waals surface area contributed by atoms with Crippen LogP contribution in [0.5, 0.6) is 5.75 Å². The maximum Gasteiger partial charge on any atom is 0.224 e. The molecule has 0 heterocycles. The second-order valence-electron chi connectivity index (χ2n) is 6.88. The predicted octanol–water partition coefficient (Wildman–Crippen LogP) is 5.73. The molecule has 0 aliphatic carbocycles. The number of ether oxygens (including phenoxy) is 1. The standard InChI is InChI=1S/C23H31NO2/c1-5-18-9-7-10-19(6-2)23(18)24-22(25)11-8-16-26-21-14-12-20(13-15-21)17(3)4/h7,9-10,12-15,17H,5-6,8,11,16H2,1-4H3,(H,24,25). The van der Waals surface area contributed by atoms with Crippen molar-refractivity contribution in [2.45, 2.75) is 59.3 Å². The molecule has 3 nitrogen and oxygen atoms in total. The van der Waals surface area contributed by atoms with E-state index < -0.39 is 0 Å². The Kier molecular flexibility index (Phi) is 7.71. The molecule has 3 heteroatoms. The van der Waals surface area contributed by atoms with Gasteiger partial charge >= 0.3 is 0 Å². The average molecular weight is 354 g/mol. The number of carbonyl (C=O) groups excluding carboxylic acids is 1. The second kappa shape index (κ2) is 10.0. The van der Waals surface area contributed by atoms with Crippen LogP contribution in [0.2, 0.25) is 0 Å². The third kappa shape index (κ3) is 5.62. The van der Waals surface area contributed by atoms with Crippen molar-refractivity contribution in [1.82, 2.24) is 0 Å². The van der Waals surface area contributed by atoms with Gasteiger partial charge in [0.25, 0.3) is 0 Å². The van der Waals surface area contributed by atoms with E-state index in [1.165, 1.54) is 16.7 Å². The summed E-state index contributed by atoms with van der Waals surface area (Å²) in [7, 11) is 0. The Hall–Kier alpha value is -2.29. The Morgan fingerprint density at radius 1 is 1.00 bits per heavy atom. The maximum absolute atomic E-state index is 12.3. The molecule has 0 fully saturated rings. The minimum absolute atomic E-state index is 0.0550. The van der Waals surface area contributed by atoms with Crippen molar-refractivity contribution in [3.63, 3.8) is 0 Å². The molecular formula is C23H31NO2. The maximum atomic E-state index is 12.3. The fourth-order valence-corrected chi connectivity index (χ4v) is 2.98. The molecule has 0 aliphatic heterocycles. The van der Waals surface area contributed by atoms with E-state index in [1.54, 1.807) is 0 Å². The molecule has 0 saturated carbocycles. The SMILES string of the molecule is CCc1cccc(CC)c1NC(=O)CCCOc1ccc(C(C)C)cc1. The quantitative estimate of drug-likeness (QED) is 0.584. The molecule has 26 heavy (non-hydrogen) atoms. The van der Waals surface area contributed by atoms with E-state index in [0.29, 0.717) is 25.4 Å². The molecule has 140 valence electrons. The van der Waals surface area contributed by atoms with Gasteiger partial charge in [-0.25, -0.2) is 0 Å². The Balaban J connectivity index is 1.81. The van der Waals surface area contributed by atoms with Gasteiger partial charge in [0, 0.05) is 12.1 Å². The van der Waals surface area contributed by atoms with Gasteiger partial charge in [-0.2, -0.15) is 0 Å². The fourth-order valence-electron chi connectivity index (χ4n) is 2.98. The molecule has 0 aliphatic rings.